The van der Waals surface area contributed by atoms with Crippen molar-refractivity contribution in [2.24, 2.45) is 17.8 Å². The first-order valence-corrected chi connectivity index (χ1v) is 12.4. The van der Waals surface area contributed by atoms with E-state index in [9.17, 15) is 4.79 Å². The highest BCUT2D eigenvalue weighted by atomic mass is 16.5. The predicted octanol–water partition coefficient (Wildman–Crippen LogP) is 7.45. The largest absolute Gasteiger partial charge is 0.466 e. The van der Waals surface area contributed by atoms with Crippen LogP contribution in [0.3, 0.4) is 0 Å². The van der Waals surface area contributed by atoms with Crippen molar-refractivity contribution in [3.05, 3.63) is 35.4 Å². The topological polar surface area (TPSA) is 26.3 Å². The zero-order chi connectivity index (χ0) is 20.5. The molecule has 0 atom stereocenters. The molecule has 0 bridgehead atoms. The summed E-state index contributed by atoms with van der Waals surface area (Å²) in [7, 11) is 0. The maximum absolute atomic E-state index is 11.5. The molecule has 0 aromatic heterocycles. The minimum Gasteiger partial charge on any atom is -0.466 e. The van der Waals surface area contributed by atoms with Crippen LogP contribution in [-0.2, 0) is 16.0 Å². The molecule has 1 aromatic rings. The van der Waals surface area contributed by atoms with E-state index in [0.29, 0.717) is 13.0 Å². The molecule has 0 radical (unpaired) electrons. The molecule has 29 heavy (non-hydrogen) atoms. The highest BCUT2D eigenvalue weighted by Gasteiger charge is 2.31. The molecule has 0 spiro atoms. The zero-order valence-electron chi connectivity index (χ0n) is 18.8. The lowest BCUT2D eigenvalue weighted by atomic mass is 9.68. The number of hydrogen-bond acceptors (Lipinski definition) is 2. The van der Waals surface area contributed by atoms with Crippen LogP contribution in [0.5, 0.6) is 0 Å². The molecule has 0 amide bonds. The Morgan fingerprint density at radius 3 is 2.10 bits per heavy atom. The summed E-state index contributed by atoms with van der Waals surface area (Å²) in [6.07, 6.45) is 16.8. The van der Waals surface area contributed by atoms with E-state index < -0.39 is 0 Å². The van der Waals surface area contributed by atoms with Crippen molar-refractivity contribution in [2.75, 3.05) is 6.61 Å². The summed E-state index contributed by atoms with van der Waals surface area (Å²) in [5, 5.41) is 0. The first-order chi connectivity index (χ1) is 14.2. The molecular formula is C27H42O2. The van der Waals surface area contributed by atoms with Gasteiger partial charge in [0.15, 0.2) is 0 Å². The molecule has 2 nitrogen and oxygen atoms in total. The van der Waals surface area contributed by atoms with E-state index >= 15 is 0 Å². The molecule has 2 heteroatoms. The van der Waals surface area contributed by atoms with Gasteiger partial charge in [-0.25, -0.2) is 0 Å². The summed E-state index contributed by atoms with van der Waals surface area (Å²) in [6, 6.07) is 9.25. The van der Waals surface area contributed by atoms with Crippen molar-refractivity contribution >= 4 is 5.97 Å². The van der Waals surface area contributed by atoms with Crippen molar-refractivity contribution in [3.63, 3.8) is 0 Å². The molecule has 2 fully saturated rings. The van der Waals surface area contributed by atoms with Crippen molar-refractivity contribution in [2.45, 2.75) is 103 Å². The lowest BCUT2D eigenvalue weighted by molar-refractivity contribution is -0.143. The van der Waals surface area contributed by atoms with Crippen LogP contribution in [-0.4, -0.2) is 12.6 Å². The number of aryl methyl sites for hydroxylation is 1. The molecule has 0 aliphatic heterocycles. The minimum atomic E-state index is -0.0697. The second-order valence-electron chi connectivity index (χ2n) is 9.58. The Bertz CT molecular complexity index is 589. The van der Waals surface area contributed by atoms with Crippen LogP contribution in [0.1, 0.15) is 108 Å². The quantitative estimate of drug-likeness (QED) is 0.404. The van der Waals surface area contributed by atoms with Gasteiger partial charge in [-0.1, -0.05) is 56.9 Å². The Labute approximate surface area is 178 Å². The van der Waals surface area contributed by atoms with Gasteiger partial charge < -0.3 is 4.74 Å². The molecule has 2 saturated carbocycles. The van der Waals surface area contributed by atoms with Crippen LogP contribution >= 0.6 is 0 Å². The van der Waals surface area contributed by atoms with Crippen LogP contribution < -0.4 is 0 Å². The Hall–Kier alpha value is -1.31. The molecule has 2 aliphatic carbocycles. The molecule has 2 aliphatic rings. The van der Waals surface area contributed by atoms with Gasteiger partial charge >= 0.3 is 5.97 Å². The number of esters is 1. The third-order valence-electron chi connectivity index (χ3n) is 7.63. The molecular weight excluding hydrogens is 356 g/mol. The van der Waals surface area contributed by atoms with Gasteiger partial charge in [0.2, 0.25) is 0 Å². The maximum atomic E-state index is 11.5. The molecule has 0 saturated heterocycles. The van der Waals surface area contributed by atoms with E-state index in [-0.39, 0.29) is 5.97 Å². The van der Waals surface area contributed by atoms with Crippen LogP contribution in [0.2, 0.25) is 0 Å². The van der Waals surface area contributed by atoms with Gasteiger partial charge in [0, 0.05) is 6.42 Å². The molecule has 0 heterocycles. The molecule has 0 N–H and O–H groups in total. The van der Waals surface area contributed by atoms with Crippen LogP contribution in [0, 0.1) is 17.8 Å². The molecule has 3 rings (SSSR count). The standard InChI is InChI=1S/C27H42O2/c1-3-6-21-9-13-23(14-10-21)25-17-19-26(20-18-25)24-15-11-22(12-16-24)7-5-8-27(28)29-4-2/h11-12,15-16,21,23,25-26H,3-10,13-14,17-20H2,1-2H3. The van der Waals surface area contributed by atoms with Crippen molar-refractivity contribution in [3.8, 4) is 0 Å². The van der Waals surface area contributed by atoms with Gasteiger partial charge in [-0.05, 0) is 93.1 Å². The van der Waals surface area contributed by atoms with Gasteiger partial charge in [-0.3, -0.25) is 4.79 Å². The maximum Gasteiger partial charge on any atom is 0.305 e. The SMILES string of the molecule is CCCC1CCC(C2CCC(c3ccc(CCCC(=O)OCC)cc3)CC2)CC1. The number of rotatable bonds is 9. The van der Waals surface area contributed by atoms with E-state index in [1.165, 1.54) is 75.3 Å². The Morgan fingerprint density at radius 1 is 0.897 bits per heavy atom. The number of carbonyl (C=O) groups is 1. The number of benzene rings is 1. The van der Waals surface area contributed by atoms with E-state index in [1.807, 2.05) is 6.92 Å². The highest BCUT2D eigenvalue weighted by molar-refractivity contribution is 5.69. The Kier molecular flexibility index (Phi) is 9.08. The van der Waals surface area contributed by atoms with Gasteiger partial charge in [-0.15, -0.1) is 0 Å². The fourth-order valence-corrected chi connectivity index (χ4v) is 5.91. The van der Waals surface area contributed by atoms with E-state index in [0.717, 1.165) is 36.5 Å². The van der Waals surface area contributed by atoms with Gasteiger partial charge in [0.1, 0.15) is 0 Å². The first-order valence-electron chi connectivity index (χ1n) is 12.4. The smallest absolute Gasteiger partial charge is 0.305 e. The summed E-state index contributed by atoms with van der Waals surface area (Å²) in [6.45, 7) is 4.68. The normalized spacial score (nSPS) is 27.5. The second-order valence-corrected chi connectivity index (χ2v) is 9.58. The molecule has 0 unspecified atom stereocenters. The average molecular weight is 399 g/mol. The van der Waals surface area contributed by atoms with Gasteiger partial charge in [-0.2, -0.15) is 0 Å². The summed E-state index contributed by atoms with van der Waals surface area (Å²) in [4.78, 5) is 11.5. The molecule has 1 aromatic carbocycles. The summed E-state index contributed by atoms with van der Waals surface area (Å²) >= 11 is 0. The van der Waals surface area contributed by atoms with Gasteiger partial charge in [0.05, 0.1) is 6.61 Å². The Balaban J connectivity index is 1.39. The summed E-state index contributed by atoms with van der Waals surface area (Å²) in [5.41, 5.74) is 2.87. The Morgan fingerprint density at radius 2 is 1.52 bits per heavy atom. The minimum absolute atomic E-state index is 0.0697. The van der Waals surface area contributed by atoms with E-state index in [4.69, 9.17) is 4.74 Å². The van der Waals surface area contributed by atoms with Gasteiger partial charge in [0.25, 0.3) is 0 Å². The fraction of sp³-hybridized carbons (Fsp3) is 0.741. The summed E-state index contributed by atoms with van der Waals surface area (Å²) < 4.78 is 5.01. The van der Waals surface area contributed by atoms with Crippen LogP contribution in [0.25, 0.3) is 0 Å². The van der Waals surface area contributed by atoms with E-state index in [1.54, 1.807) is 0 Å². The fourth-order valence-electron chi connectivity index (χ4n) is 5.91. The van der Waals surface area contributed by atoms with E-state index in [2.05, 4.69) is 31.2 Å². The monoisotopic (exact) mass is 398 g/mol. The third-order valence-corrected chi connectivity index (χ3v) is 7.63. The predicted molar refractivity (Wildman–Crippen MR) is 121 cm³/mol. The first kappa shape index (κ1) is 22.4. The van der Waals surface area contributed by atoms with Crippen LogP contribution in [0.15, 0.2) is 24.3 Å². The number of ether oxygens (including phenoxy) is 1. The highest BCUT2D eigenvalue weighted by Crippen LogP contribution is 2.44. The second kappa shape index (κ2) is 11.8. The number of hydrogen-bond donors (Lipinski definition) is 0. The lowest BCUT2D eigenvalue weighted by Crippen LogP contribution is -2.25. The summed E-state index contributed by atoms with van der Waals surface area (Å²) in [5.74, 6) is 3.74. The van der Waals surface area contributed by atoms with Crippen molar-refractivity contribution in [1.82, 2.24) is 0 Å². The lowest BCUT2D eigenvalue weighted by Gasteiger charge is -2.38. The van der Waals surface area contributed by atoms with Crippen LogP contribution in [0.4, 0.5) is 0 Å². The number of carbonyl (C=O) groups excluding carboxylic acids is 1. The average Bonchev–Trinajstić information content (AvgIpc) is 2.75. The van der Waals surface area contributed by atoms with Crippen molar-refractivity contribution < 1.29 is 9.53 Å². The third kappa shape index (κ3) is 6.86. The molecule has 162 valence electrons. The zero-order valence-corrected chi connectivity index (χ0v) is 18.8. The van der Waals surface area contributed by atoms with Crippen molar-refractivity contribution in [1.29, 1.82) is 0 Å².